The number of nitrogens with zero attached hydrogens (tertiary/aromatic N) is 2. The number of hydrogen-bond donors (Lipinski definition) is 4. The van der Waals surface area contributed by atoms with Crippen molar-refractivity contribution in [3.05, 3.63) is 0 Å². The monoisotopic (exact) mass is 427 g/mol. The SMILES string of the molecule is O=C1NC(=O)N(C(=O)O)C(=O)C1=O.O=C1NC(=O)N(C(=O)O)C(=O)C1=O.[Mn]. The molecule has 0 atom stereocenters. The molecule has 0 spiro atoms. The van der Waals surface area contributed by atoms with Crippen molar-refractivity contribution in [2.24, 2.45) is 0 Å². The molecule has 17 heteroatoms. The molecule has 2 heterocycles. The molecule has 4 N–H and O–H groups in total. The molecule has 2 aliphatic heterocycles. The third-order valence-corrected chi connectivity index (χ3v) is 2.44. The summed E-state index contributed by atoms with van der Waals surface area (Å²) in [7, 11) is 0. The molecule has 0 aromatic rings. The van der Waals surface area contributed by atoms with Crippen LogP contribution >= 0.6 is 0 Å². The Kier molecular flexibility index (Phi) is 7.17. The first kappa shape index (κ1) is 23.0. The van der Waals surface area contributed by atoms with Crippen LogP contribution in [0.5, 0.6) is 0 Å². The van der Waals surface area contributed by atoms with Crippen molar-refractivity contribution < 1.29 is 75.2 Å². The minimum absolute atomic E-state index is 0. The van der Waals surface area contributed by atoms with Crippen LogP contribution in [0, 0.1) is 0 Å². The zero-order valence-corrected chi connectivity index (χ0v) is 13.4. The van der Waals surface area contributed by atoms with Crippen LogP contribution in [0.1, 0.15) is 0 Å². The number of barbiturate groups is 2. The molecule has 0 bridgehead atoms. The summed E-state index contributed by atoms with van der Waals surface area (Å²) in [5, 5.41) is 19.3. The smallest absolute Gasteiger partial charge is 0.422 e. The zero-order chi connectivity index (χ0) is 20.3. The van der Waals surface area contributed by atoms with E-state index in [-0.39, 0.29) is 26.9 Å². The molecule has 143 valence electrons. The van der Waals surface area contributed by atoms with Crippen LogP contribution in [0.3, 0.4) is 0 Å². The summed E-state index contributed by atoms with van der Waals surface area (Å²) in [6, 6.07) is -2.88. The minimum atomic E-state index is -1.91. The summed E-state index contributed by atoms with van der Waals surface area (Å²) in [4.78, 5) is 104. The molecule has 0 aromatic heterocycles. The predicted molar refractivity (Wildman–Crippen MR) is 66.8 cm³/mol. The zero-order valence-electron chi connectivity index (χ0n) is 12.2. The quantitative estimate of drug-likeness (QED) is 0.219. The fraction of sp³-hybridized carbons (Fsp3) is 0. The van der Waals surface area contributed by atoms with Gasteiger partial charge in [0, 0.05) is 17.1 Å². The molecule has 2 saturated heterocycles. The topological polar surface area (TPSA) is 242 Å². The molecule has 16 nitrogen and oxygen atoms in total. The van der Waals surface area contributed by atoms with Gasteiger partial charge in [-0.2, -0.15) is 9.80 Å². The second-order valence-electron chi connectivity index (χ2n) is 4.02. The summed E-state index contributed by atoms with van der Waals surface area (Å²) < 4.78 is 0. The van der Waals surface area contributed by atoms with Gasteiger partial charge in [0.15, 0.2) is 0 Å². The number of amides is 10. The molecule has 2 fully saturated rings. The third kappa shape index (κ3) is 4.55. The van der Waals surface area contributed by atoms with E-state index in [2.05, 4.69) is 0 Å². The van der Waals surface area contributed by atoms with Gasteiger partial charge in [0.25, 0.3) is 0 Å². The maximum atomic E-state index is 10.7. The summed E-state index contributed by atoms with van der Waals surface area (Å²) in [6.07, 6.45) is -3.83. The summed E-state index contributed by atoms with van der Waals surface area (Å²) in [5.74, 6) is -9.34. The van der Waals surface area contributed by atoms with Crippen molar-refractivity contribution in [3.8, 4) is 0 Å². The average molecular weight is 427 g/mol. The van der Waals surface area contributed by atoms with Gasteiger partial charge in [0.2, 0.25) is 0 Å². The number of imide groups is 8. The van der Waals surface area contributed by atoms with Gasteiger partial charge in [0.1, 0.15) is 0 Å². The van der Waals surface area contributed by atoms with E-state index in [4.69, 9.17) is 10.2 Å². The Balaban J connectivity index is 0.000000483. The Bertz CT molecular complexity index is 764. The summed E-state index contributed by atoms with van der Waals surface area (Å²) in [6.45, 7) is 0. The standard InChI is InChI=1S/2C5H2N2O6.Mn/c2*8-1-2(9)6-4(11)7(3(1)10)5(12)13;/h2*(H,12,13)(H,6,9,11);. The van der Waals surface area contributed by atoms with Crippen LogP contribution in [-0.4, -0.2) is 79.5 Å². The largest absolute Gasteiger partial charge is 0.464 e. The molecule has 1 radical (unpaired) electrons. The minimum Gasteiger partial charge on any atom is -0.464 e. The van der Waals surface area contributed by atoms with Gasteiger partial charge in [-0.15, -0.1) is 0 Å². The number of rotatable bonds is 0. The molecular weight excluding hydrogens is 423 g/mol. The van der Waals surface area contributed by atoms with Crippen molar-refractivity contribution >= 4 is 59.4 Å². The van der Waals surface area contributed by atoms with Crippen molar-refractivity contribution in [2.75, 3.05) is 0 Å². The molecule has 27 heavy (non-hydrogen) atoms. The van der Waals surface area contributed by atoms with E-state index in [9.17, 15) is 47.9 Å². The number of carbonyl (C=O) groups excluding carboxylic acids is 8. The number of ketones is 2. The molecule has 0 aliphatic carbocycles. The molecule has 2 rings (SSSR count). The Morgan fingerprint density at radius 1 is 0.630 bits per heavy atom. The van der Waals surface area contributed by atoms with Crippen LogP contribution in [0.25, 0.3) is 0 Å². The predicted octanol–water partition coefficient (Wildman–Crippen LogP) is -3.38. The normalized spacial score (nSPS) is 16.7. The van der Waals surface area contributed by atoms with Gasteiger partial charge in [-0.05, 0) is 0 Å². The summed E-state index contributed by atoms with van der Waals surface area (Å²) in [5.41, 5.74) is 0. The average Bonchev–Trinajstić information content (AvgIpc) is 2.50. The first-order valence-electron chi connectivity index (χ1n) is 5.83. The van der Waals surface area contributed by atoms with E-state index in [0.29, 0.717) is 0 Å². The number of carboxylic acid groups (broad SMARTS) is 2. The summed E-state index contributed by atoms with van der Waals surface area (Å²) >= 11 is 0. The Morgan fingerprint density at radius 3 is 1.11 bits per heavy atom. The number of nitrogens with one attached hydrogen (secondary N) is 2. The molecule has 0 aromatic carbocycles. The van der Waals surface area contributed by atoms with E-state index >= 15 is 0 Å². The van der Waals surface area contributed by atoms with Crippen LogP contribution in [0.15, 0.2) is 0 Å². The maximum Gasteiger partial charge on any atom is 0.422 e. The fourth-order valence-electron chi connectivity index (χ4n) is 1.35. The van der Waals surface area contributed by atoms with Crippen molar-refractivity contribution in [1.29, 1.82) is 0 Å². The molecular formula is C10H4MnN4O12. The first-order valence-corrected chi connectivity index (χ1v) is 5.83. The Morgan fingerprint density at radius 2 is 0.889 bits per heavy atom. The first-order chi connectivity index (χ1) is 11.9. The van der Waals surface area contributed by atoms with Crippen LogP contribution in [-0.2, 0) is 45.8 Å². The second-order valence-corrected chi connectivity index (χ2v) is 4.02. The molecule has 0 unspecified atom stereocenters. The second kappa shape index (κ2) is 8.41. The number of carbonyl (C=O) groups is 10. The van der Waals surface area contributed by atoms with Gasteiger partial charge in [-0.3, -0.25) is 39.4 Å². The van der Waals surface area contributed by atoms with E-state index in [1.54, 1.807) is 0 Å². The van der Waals surface area contributed by atoms with E-state index in [0.717, 1.165) is 0 Å². The number of hydrogen-bond acceptors (Lipinski definition) is 10. The van der Waals surface area contributed by atoms with Crippen molar-refractivity contribution in [3.63, 3.8) is 0 Å². The number of Topliss-reactive ketones (excluding diaryl/α,β-unsaturated/α-hetero) is 2. The molecule has 2 aliphatic rings. The van der Waals surface area contributed by atoms with E-state index in [1.807, 2.05) is 0 Å². The third-order valence-electron chi connectivity index (χ3n) is 2.44. The Labute approximate surface area is 155 Å². The maximum absolute atomic E-state index is 10.7. The van der Waals surface area contributed by atoms with Crippen LogP contribution in [0.2, 0.25) is 0 Å². The van der Waals surface area contributed by atoms with Gasteiger partial charge in [-0.1, -0.05) is 0 Å². The molecule has 0 saturated carbocycles. The van der Waals surface area contributed by atoms with Gasteiger partial charge >= 0.3 is 59.4 Å². The van der Waals surface area contributed by atoms with Crippen LogP contribution in [0.4, 0.5) is 19.2 Å². The van der Waals surface area contributed by atoms with Crippen molar-refractivity contribution in [2.45, 2.75) is 0 Å². The van der Waals surface area contributed by atoms with Gasteiger partial charge in [-0.25, -0.2) is 19.2 Å². The van der Waals surface area contributed by atoms with Gasteiger partial charge < -0.3 is 10.2 Å². The fourth-order valence-corrected chi connectivity index (χ4v) is 1.35. The molecule has 10 amide bonds. The van der Waals surface area contributed by atoms with Gasteiger partial charge in [0.05, 0.1) is 0 Å². The number of urea groups is 2. The van der Waals surface area contributed by atoms with Crippen molar-refractivity contribution in [1.82, 2.24) is 20.4 Å². The van der Waals surface area contributed by atoms with Crippen LogP contribution < -0.4 is 10.6 Å². The van der Waals surface area contributed by atoms with E-state index in [1.165, 1.54) is 10.6 Å². The van der Waals surface area contributed by atoms with E-state index < -0.39 is 59.4 Å². The Hall–Kier alpha value is -3.98.